The maximum atomic E-state index is 12.0. The lowest BCUT2D eigenvalue weighted by Crippen LogP contribution is -2.49. The molecule has 1 atom stereocenters. The van der Waals surface area contributed by atoms with Crippen LogP contribution in [0.1, 0.15) is 26.3 Å². The summed E-state index contributed by atoms with van der Waals surface area (Å²) in [7, 11) is 0. The smallest absolute Gasteiger partial charge is 0.321 e. The van der Waals surface area contributed by atoms with Gasteiger partial charge in [0.2, 0.25) is 5.91 Å². The minimum absolute atomic E-state index is 0.313. The molecule has 4 N–H and O–H groups in total. The van der Waals surface area contributed by atoms with Crippen LogP contribution in [-0.2, 0) is 11.3 Å². The molecule has 0 aromatic heterocycles. The maximum absolute atomic E-state index is 12.0. The van der Waals surface area contributed by atoms with Gasteiger partial charge in [0, 0.05) is 18.8 Å². The lowest BCUT2D eigenvalue weighted by molar-refractivity contribution is -0.124. The molecular formula is C15H24N4O2. The number of amides is 3. The molecule has 0 saturated heterocycles. The Morgan fingerprint density at radius 3 is 2.62 bits per heavy atom. The first-order valence-electron chi connectivity index (χ1n) is 7.15. The summed E-state index contributed by atoms with van der Waals surface area (Å²) in [4.78, 5) is 25.4. The minimum atomic E-state index is -0.464. The quantitative estimate of drug-likeness (QED) is 0.690. The number of urea groups is 1. The van der Waals surface area contributed by atoms with Crippen LogP contribution < -0.4 is 16.4 Å². The summed E-state index contributed by atoms with van der Waals surface area (Å²) < 4.78 is 0. The predicted molar refractivity (Wildman–Crippen MR) is 83.6 cm³/mol. The topological polar surface area (TPSA) is 87.5 Å². The van der Waals surface area contributed by atoms with Crippen LogP contribution in [0, 0.1) is 0 Å². The minimum Gasteiger partial charge on any atom is -0.399 e. The van der Waals surface area contributed by atoms with Crippen molar-refractivity contribution < 1.29 is 9.59 Å². The van der Waals surface area contributed by atoms with E-state index in [1.54, 1.807) is 13.8 Å². The van der Waals surface area contributed by atoms with Gasteiger partial charge in [-0.05, 0) is 38.1 Å². The molecule has 1 aromatic rings. The summed E-state index contributed by atoms with van der Waals surface area (Å²) in [6, 6.07) is 6.70. The SMILES string of the molecule is CCNC(=O)NC(=O)C(C)N(CC)Cc1cccc(N)c1. The number of nitrogens with one attached hydrogen (secondary N) is 2. The molecule has 0 spiro atoms. The molecule has 1 unspecified atom stereocenters. The molecule has 116 valence electrons. The molecule has 6 nitrogen and oxygen atoms in total. The molecule has 0 heterocycles. The van der Waals surface area contributed by atoms with E-state index in [1.165, 1.54) is 0 Å². The Balaban J connectivity index is 2.66. The molecule has 6 heteroatoms. The molecule has 1 aromatic carbocycles. The Labute approximate surface area is 125 Å². The van der Waals surface area contributed by atoms with E-state index in [0.29, 0.717) is 25.3 Å². The molecule has 21 heavy (non-hydrogen) atoms. The Bertz CT molecular complexity index is 490. The Morgan fingerprint density at radius 2 is 2.05 bits per heavy atom. The highest BCUT2D eigenvalue weighted by molar-refractivity contribution is 5.96. The van der Waals surface area contributed by atoms with Crippen LogP contribution in [-0.4, -0.2) is 36.0 Å². The average molecular weight is 292 g/mol. The lowest BCUT2D eigenvalue weighted by Gasteiger charge is -2.26. The zero-order valence-corrected chi connectivity index (χ0v) is 12.8. The average Bonchev–Trinajstić information content (AvgIpc) is 2.44. The van der Waals surface area contributed by atoms with Crippen molar-refractivity contribution in [2.45, 2.75) is 33.4 Å². The van der Waals surface area contributed by atoms with E-state index in [0.717, 1.165) is 5.56 Å². The second kappa shape index (κ2) is 8.26. The van der Waals surface area contributed by atoms with E-state index in [1.807, 2.05) is 36.1 Å². The number of benzene rings is 1. The van der Waals surface area contributed by atoms with Gasteiger partial charge in [-0.1, -0.05) is 19.1 Å². The van der Waals surface area contributed by atoms with Crippen molar-refractivity contribution in [3.05, 3.63) is 29.8 Å². The third kappa shape index (κ3) is 5.43. The van der Waals surface area contributed by atoms with Crippen LogP contribution in [0.2, 0.25) is 0 Å². The van der Waals surface area contributed by atoms with E-state index < -0.39 is 12.1 Å². The van der Waals surface area contributed by atoms with Crippen molar-refractivity contribution >= 4 is 17.6 Å². The largest absolute Gasteiger partial charge is 0.399 e. The molecule has 0 fully saturated rings. The number of rotatable bonds is 6. The maximum Gasteiger partial charge on any atom is 0.321 e. The monoisotopic (exact) mass is 292 g/mol. The molecular weight excluding hydrogens is 268 g/mol. The first-order chi connectivity index (χ1) is 9.97. The standard InChI is InChI=1S/C15H24N4O2/c1-4-17-15(21)18-14(20)11(3)19(5-2)10-12-7-6-8-13(16)9-12/h6-9,11H,4-5,10,16H2,1-3H3,(H2,17,18,20,21). The molecule has 0 aliphatic rings. The molecule has 3 amide bonds. The van der Waals surface area contributed by atoms with Gasteiger partial charge in [-0.3, -0.25) is 15.0 Å². The number of nitrogens with zero attached hydrogens (tertiary/aromatic N) is 1. The summed E-state index contributed by atoms with van der Waals surface area (Å²) in [5.41, 5.74) is 7.49. The van der Waals surface area contributed by atoms with Crippen molar-refractivity contribution in [3.8, 4) is 0 Å². The molecule has 1 rings (SSSR count). The van der Waals surface area contributed by atoms with Crippen molar-refractivity contribution in [1.82, 2.24) is 15.5 Å². The van der Waals surface area contributed by atoms with E-state index in [9.17, 15) is 9.59 Å². The van der Waals surface area contributed by atoms with E-state index >= 15 is 0 Å². The molecule has 0 saturated carbocycles. The normalized spacial score (nSPS) is 12.0. The Hall–Kier alpha value is -2.08. The van der Waals surface area contributed by atoms with Crippen molar-refractivity contribution in [1.29, 1.82) is 0 Å². The van der Waals surface area contributed by atoms with Crippen LogP contribution in [0.15, 0.2) is 24.3 Å². The van der Waals surface area contributed by atoms with Gasteiger partial charge in [0.25, 0.3) is 0 Å². The Kier molecular flexibility index (Phi) is 6.68. The van der Waals surface area contributed by atoms with Crippen LogP contribution in [0.25, 0.3) is 0 Å². The van der Waals surface area contributed by atoms with Gasteiger partial charge < -0.3 is 11.1 Å². The fraction of sp³-hybridized carbons (Fsp3) is 0.467. The van der Waals surface area contributed by atoms with Gasteiger partial charge >= 0.3 is 6.03 Å². The molecule has 0 aliphatic carbocycles. The number of hydrogen-bond acceptors (Lipinski definition) is 4. The van der Waals surface area contributed by atoms with Gasteiger partial charge in [-0.25, -0.2) is 4.79 Å². The summed E-state index contributed by atoms with van der Waals surface area (Å²) in [5, 5.41) is 4.88. The fourth-order valence-corrected chi connectivity index (χ4v) is 2.04. The van der Waals surface area contributed by atoms with Crippen LogP contribution in [0.3, 0.4) is 0 Å². The number of carbonyl (C=O) groups excluding carboxylic acids is 2. The van der Waals surface area contributed by atoms with Gasteiger partial charge in [0.1, 0.15) is 0 Å². The van der Waals surface area contributed by atoms with Gasteiger partial charge in [-0.2, -0.15) is 0 Å². The lowest BCUT2D eigenvalue weighted by atomic mass is 10.1. The fourth-order valence-electron chi connectivity index (χ4n) is 2.04. The first kappa shape index (κ1) is 17.0. The van der Waals surface area contributed by atoms with Crippen LogP contribution in [0.5, 0.6) is 0 Å². The zero-order chi connectivity index (χ0) is 15.8. The van der Waals surface area contributed by atoms with Crippen molar-refractivity contribution in [2.75, 3.05) is 18.8 Å². The predicted octanol–water partition coefficient (Wildman–Crippen LogP) is 1.32. The Morgan fingerprint density at radius 1 is 1.33 bits per heavy atom. The van der Waals surface area contributed by atoms with Crippen LogP contribution >= 0.6 is 0 Å². The number of nitrogen functional groups attached to an aromatic ring is 1. The van der Waals surface area contributed by atoms with Gasteiger partial charge in [-0.15, -0.1) is 0 Å². The van der Waals surface area contributed by atoms with Crippen LogP contribution in [0.4, 0.5) is 10.5 Å². The van der Waals surface area contributed by atoms with E-state index in [4.69, 9.17) is 5.73 Å². The van der Waals surface area contributed by atoms with Gasteiger partial charge in [0.05, 0.1) is 6.04 Å². The van der Waals surface area contributed by atoms with Crippen molar-refractivity contribution in [3.63, 3.8) is 0 Å². The molecule has 0 radical (unpaired) electrons. The number of anilines is 1. The number of imide groups is 1. The van der Waals surface area contributed by atoms with Crippen molar-refractivity contribution in [2.24, 2.45) is 0 Å². The third-order valence-corrected chi connectivity index (χ3v) is 3.24. The number of carbonyl (C=O) groups is 2. The summed E-state index contributed by atoms with van der Waals surface area (Å²) in [5.74, 6) is -0.313. The number of nitrogens with two attached hydrogens (primary N) is 1. The second-order valence-corrected chi connectivity index (χ2v) is 4.83. The van der Waals surface area contributed by atoms with E-state index in [2.05, 4.69) is 10.6 Å². The number of hydrogen-bond donors (Lipinski definition) is 3. The third-order valence-electron chi connectivity index (χ3n) is 3.24. The highest BCUT2D eigenvalue weighted by Gasteiger charge is 2.21. The molecule has 0 bridgehead atoms. The summed E-state index contributed by atoms with van der Waals surface area (Å²) in [6.07, 6.45) is 0. The van der Waals surface area contributed by atoms with Gasteiger partial charge in [0.15, 0.2) is 0 Å². The number of likely N-dealkylation sites (N-methyl/N-ethyl adjacent to an activating group) is 1. The highest BCUT2D eigenvalue weighted by Crippen LogP contribution is 2.11. The van der Waals surface area contributed by atoms with E-state index in [-0.39, 0.29) is 5.91 Å². The zero-order valence-electron chi connectivity index (χ0n) is 12.8. The highest BCUT2D eigenvalue weighted by atomic mass is 16.2. The molecule has 0 aliphatic heterocycles. The summed E-state index contributed by atoms with van der Waals surface area (Å²) in [6.45, 7) is 7.33. The second-order valence-electron chi connectivity index (χ2n) is 4.83. The summed E-state index contributed by atoms with van der Waals surface area (Å²) >= 11 is 0. The first-order valence-corrected chi connectivity index (χ1v) is 7.15.